The first kappa shape index (κ1) is 13.8. The highest BCUT2D eigenvalue weighted by Crippen LogP contribution is 2.27. The van der Waals surface area contributed by atoms with Gasteiger partial charge in [-0.15, -0.1) is 22.9 Å². The molecule has 96 valence electrons. The Labute approximate surface area is 122 Å². The first-order valence-corrected chi connectivity index (χ1v) is 8.64. The minimum Gasteiger partial charge on any atom is -0.258 e. The molecule has 0 spiro atoms. The standard InChI is InChI=1S/C10H8BrClN2O2S2/c11-8-3-1-2-7(4-8)9-5-17-10(13-9)14-18(15,16)6-12/h1-5H,6H2,(H,13,14). The molecule has 0 aliphatic heterocycles. The van der Waals surface area contributed by atoms with Crippen LogP contribution in [0.5, 0.6) is 0 Å². The van der Waals surface area contributed by atoms with Gasteiger partial charge in [-0.25, -0.2) is 13.4 Å². The highest BCUT2D eigenvalue weighted by molar-refractivity contribution is 9.10. The summed E-state index contributed by atoms with van der Waals surface area (Å²) in [5.74, 6) is 0. The second-order valence-corrected chi connectivity index (χ2v) is 7.45. The summed E-state index contributed by atoms with van der Waals surface area (Å²) in [5.41, 5.74) is 1.63. The molecule has 2 aromatic rings. The van der Waals surface area contributed by atoms with Gasteiger partial charge in [0.15, 0.2) is 5.13 Å². The number of hydrogen-bond acceptors (Lipinski definition) is 4. The first-order valence-electron chi connectivity index (χ1n) is 4.78. The molecule has 1 heterocycles. The molecule has 0 bridgehead atoms. The molecule has 1 aromatic carbocycles. The zero-order chi connectivity index (χ0) is 13.2. The molecule has 0 unspecified atom stereocenters. The molecule has 1 aromatic heterocycles. The fourth-order valence-electron chi connectivity index (χ4n) is 1.26. The zero-order valence-electron chi connectivity index (χ0n) is 8.93. The maximum Gasteiger partial charge on any atom is 0.248 e. The lowest BCUT2D eigenvalue weighted by atomic mass is 10.2. The lowest BCUT2D eigenvalue weighted by Crippen LogP contribution is -2.13. The van der Waals surface area contributed by atoms with E-state index in [2.05, 4.69) is 25.6 Å². The normalized spacial score (nSPS) is 11.4. The Bertz CT molecular complexity index is 657. The number of thiazole rings is 1. The molecular weight excluding hydrogens is 360 g/mol. The number of alkyl halides is 1. The molecule has 0 amide bonds. The van der Waals surface area contributed by atoms with Crippen LogP contribution in [0.2, 0.25) is 0 Å². The summed E-state index contributed by atoms with van der Waals surface area (Å²) in [5, 5.41) is 1.61. The number of sulfonamides is 1. The lowest BCUT2D eigenvalue weighted by Gasteiger charge is -2.00. The topological polar surface area (TPSA) is 59.1 Å². The van der Waals surface area contributed by atoms with E-state index < -0.39 is 15.2 Å². The van der Waals surface area contributed by atoms with Crippen LogP contribution >= 0.6 is 38.9 Å². The van der Waals surface area contributed by atoms with E-state index in [4.69, 9.17) is 11.6 Å². The van der Waals surface area contributed by atoms with Gasteiger partial charge in [-0.1, -0.05) is 28.1 Å². The summed E-state index contributed by atoms with van der Waals surface area (Å²) in [7, 11) is -3.50. The van der Waals surface area contributed by atoms with Crippen molar-refractivity contribution >= 4 is 54.0 Å². The Balaban J connectivity index is 2.26. The van der Waals surface area contributed by atoms with E-state index in [9.17, 15) is 8.42 Å². The van der Waals surface area contributed by atoms with Gasteiger partial charge in [0, 0.05) is 15.4 Å². The van der Waals surface area contributed by atoms with E-state index >= 15 is 0 Å². The molecule has 0 aliphatic rings. The van der Waals surface area contributed by atoms with E-state index in [-0.39, 0.29) is 0 Å². The van der Waals surface area contributed by atoms with Crippen LogP contribution < -0.4 is 4.72 Å². The molecular formula is C10H8BrClN2O2S2. The monoisotopic (exact) mass is 366 g/mol. The van der Waals surface area contributed by atoms with Gasteiger partial charge in [0.1, 0.15) is 5.21 Å². The van der Waals surface area contributed by atoms with E-state index in [1.54, 1.807) is 5.38 Å². The summed E-state index contributed by atoms with van der Waals surface area (Å²) < 4.78 is 25.8. The number of nitrogens with zero attached hydrogens (tertiary/aromatic N) is 1. The van der Waals surface area contributed by atoms with Crippen LogP contribution in [-0.2, 0) is 10.0 Å². The second kappa shape index (κ2) is 5.56. The molecule has 4 nitrogen and oxygen atoms in total. The second-order valence-electron chi connectivity index (χ2n) is 3.37. The highest BCUT2D eigenvalue weighted by atomic mass is 79.9. The van der Waals surface area contributed by atoms with Crippen LogP contribution in [0.15, 0.2) is 34.1 Å². The van der Waals surface area contributed by atoms with Crippen LogP contribution in [-0.4, -0.2) is 18.6 Å². The summed E-state index contributed by atoms with van der Waals surface area (Å²) in [6, 6.07) is 7.61. The summed E-state index contributed by atoms with van der Waals surface area (Å²) in [4.78, 5) is 4.20. The Hall–Kier alpha value is -0.630. The van der Waals surface area contributed by atoms with Crippen molar-refractivity contribution in [2.75, 3.05) is 9.93 Å². The third-order valence-corrected chi connectivity index (χ3v) is 5.04. The van der Waals surface area contributed by atoms with E-state index in [0.29, 0.717) is 10.8 Å². The van der Waals surface area contributed by atoms with Gasteiger partial charge in [0.05, 0.1) is 5.69 Å². The largest absolute Gasteiger partial charge is 0.258 e. The fraction of sp³-hybridized carbons (Fsp3) is 0.100. The van der Waals surface area contributed by atoms with Crippen molar-refractivity contribution in [1.82, 2.24) is 4.98 Å². The molecule has 8 heteroatoms. The van der Waals surface area contributed by atoms with Crippen molar-refractivity contribution in [1.29, 1.82) is 0 Å². The average molecular weight is 368 g/mol. The van der Waals surface area contributed by atoms with E-state index in [0.717, 1.165) is 10.0 Å². The molecule has 2 rings (SSSR count). The van der Waals surface area contributed by atoms with Gasteiger partial charge in [-0.3, -0.25) is 4.72 Å². The third-order valence-electron chi connectivity index (χ3n) is 2.01. The number of aromatic nitrogens is 1. The van der Waals surface area contributed by atoms with Crippen molar-refractivity contribution in [2.24, 2.45) is 0 Å². The predicted octanol–water partition coefficient (Wildman–Crippen LogP) is 3.51. The van der Waals surface area contributed by atoms with Gasteiger partial charge < -0.3 is 0 Å². The van der Waals surface area contributed by atoms with Gasteiger partial charge in [-0.2, -0.15) is 0 Å². The highest BCUT2D eigenvalue weighted by Gasteiger charge is 2.11. The van der Waals surface area contributed by atoms with Crippen molar-refractivity contribution in [3.05, 3.63) is 34.1 Å². The SMILES string of the molecule is O=S(=O)(CCl)Nc1nc(-c2cccc(Br)c2)cs1. The van der Waals surface area contributed by atoms with Crippen LogP contribution in [0.25, 0.3) is 11.3 Å². The fourth-order valence-corrected chi connectivity index (χ4v) is 3.33. The third kappa shape index (κ3) is 3.44. The van der Waals surface area contributed by atoms with Gasteiger partial charge >= 0.3 is 0 Å². The Morgan fingerprint density at radius 1 is 1.44 bits per heavy atom. The first-order chi connectivity index (χ1) is 8.50. The number of hydrogen-bond donors (Lipinski definition) is 1. The molecule has 0 fully saturated rings. The maximum absolute atomic E-state index is 11.3. The maximum atomic E-state index is 11.3. The van der Waals surface area contributed by atoms with Crippen molar-refractivity contribution in [2.45, 2.75) is 0 Å². The Morgan fingerprint density at radius 3 is 2.89 bits per heavy atom. The molecule has 1 N–H and O–H groups in total. The molecule has 0 saturated carbocycles. The summed E-state index contributed by atoms with van der Waals surface area (Å²) in [6.45, 7) is 0. The summed E-state index contributed by atoms with van der Waals surface area (Å²) >= 11 is 9.90. The van der Waals surface area contributed by atoms with Crippen LogP contribution in [0.4, 0.5) is 5.13 Å². The number of rotatable bonds is 4. The minimum atomic E-state index is -3.50. The van der Waals surface area contributed by atoms with Crippen LogP contribution in [0.3, 0.4) is 0 Å². The zero-order valence-corrected chi connectivity index (χ0v) is 12.9. The Morgan fingerprint density at radius 2 is 2.22 bits per heavy atom. The lowest BCUT2D eigenvalue weighted by molar-refractivity contribution is 0.605. The molecule has 0 atom stereocenters. The molecule has 0 aliphatic carbocycles. The molecule has 0 saturated heterocycles. The van der Waals surface area contributed by atoms with Gasteiger partial charge in [-0.05, 0) is 12.1 Å². The Kier molecular flexibility index (Phi) is 4.26. The quantitative estimate of drug-likeness (QED) is 0.841. The minimum absolute atomic E-state index is 0.311. The van der Waals surface area contributed by atoms with Crippen molar-refractivity contribution in [3.63, 3.8) is 0 Å². The average Bonchev–Trinajstić information content (AvgIpc) is 2.77. The summed E-state index contributed by atoms with van der Waals surface area (Å²) in [6.07, 6.45) is 0. The molecule has 18 heavy (non-hydrogen) atoms. The van der Waals surface area contributed by atoms with E-state index in [1.165, 1.54) is 11.3 Å². The van der Waals surface area contributed by atoms with Crippen molar-refractivity contribution in [3.8, 4) is 11.3 Å². The van der Waals surface area contributed by atoms with Crippen molar-refractivity contribution < 1.29 is 8.42 Å². The van der Waals surface area contributed by atoms with Crippen LogP contribution in [0.1, 0.15) is 0 Å². The smallest absolute Gasteiger partial charge is 0.248 e. The predicted molar refractivity (Wildman–Crippen MR) is 78.5 cm³/mol. The van der Waals surface area contributed by atoms with Gasteiger partial charge in [0.25, 0.3) is 0 Å². The molecule has 0 radical (unpaired) electrons. The van der Waals surface area contributed by atoms with Crippen LogP contribution in [0, 0.1) is 0 Å². The number of halogens is 2. The van der Waals surface area contributed by atoms with E-state index in [1.807, 2.05) is 24.3 Å². The number of benzene rings is 1. The number of nitrogens with one attached hydrogen (secondary N) is 1. The van der Waals surface area contributed by atoms with Gasteiger partial charge in [0.2, 0.25) is 10.0 Å². The number of anilines is 1.